The largest absolute Gasteiger partial charge is 0.335 e. The van der Waals surface area contributed by atoms with E-state index in [1.54, 1.807) is 0 Å². The van der Waals surface area contributed by atoms with Crippen molar-refractivity contribution in [1.82, 2.24) is 13.7 Å². The Balaban J connectivity index is 1.18. The topological polar surface area (TPSA) is 18.0 Å². The molecule has 1 aliphatic rings. The maximum absolute atomic E-state index is 4.36. The number of aryl methyl sites for hydroxylation is 1. The van der Waals surface area contributed by atoms with E-state index in [0.717, 1.165) is 62.9 Å². The molecule has 4 heteroatoms. The summed E-state index contributed by atoms with van der Waals surface area (Å²) in [5.41, 5.74) is 22.6. The second-order valence-corrected chi connectivity index (χ2v) is 22.1. The summed E-state index contributed by atoms with van der Waals surface area (Å²) in [6.07, 6.45) is 16.5. The highest BCUT2D eigenvalue weighted by Crippen LogP contribution is 2.57. The summed E-state index contributed by atoms with van der Waals surface area (Å²) in [4.78, 5) is 2.40. The van der Waals surface area contributed by atoms with Crippen molar-refractivity contribution in [1.29, 1.82) is 0 Å². The molecule has 12 rings (SSSR count). The number of allylic oxidation sites excluding steroid dienone is 5. The maximum Gasteiger partial charge on any atom is 0.0714 e. The Morgan fingerprint density at radius 2 is 1.17 bits per heavy atom. The number of hydrogen-bond acceptors (Lipinski definition) is 1. The molecule has 1 aliphatic carbocycles. The van der Waals surface area contributed by atoms with Crippen LogP contribution in [0.2, 0.25) is 0 Å². The van der Waals surface area contributed by atoms with Gasteiger partial charge < -0.3 is 18.6 Å². The minimum Gasteiger partial charge on any atom is -0.335 e. The first-order valence-electron chi connectivity index (χ1n) is 29.3. The molecule has 3 heterocycles. The Morgan fingerprint density at radius 3 is 1.82 bits per heavy atom. The molecule has 3 aromatic heterocycles. The van der Waals surface area contributed by atoms with E-state index in [1.165, 1.54) is 71.9 Å². The van der Waals surface area contributed by atoms with Crippen LogP contribution in [-0.4, -0.2) is 19.7 Å². The molecule has 2 unspecified atom stereocenters. The van der Waals surface area contributed by atoms with E-state index in [0.29, 0.717) is 0 Å². The fraction of sp³-hybridized carbons (Fsp3) is 0.139. The third-order valence-corrected chi connectivity index (χ3v) is 17.3. The van der Waals surface area contributed by atoms with Crippen molar-refractivity contribution in [3.05, 3.63) is 318 Å². The number of anilines is 2. The van der Waals surface area contributed by atoms with Crippen LogP contribution in [0.3, 0.4) is 0 Å². The van der Waals surface area contributed by atoms with Gasteiger partial charge in [0.2, 0.25) is 0 Å². The van der Waals surface area contributed by atoms with Crippen LogP contribution < -0.4 is 4.90 Å². The second kappa shape index (κ2) is 22.7. The first-order chi connectivity index (χ1) is 40.6. The fourth-order valence-corrected chi connectivity index (χ4v) is 13.3. The van der Waals surface area contributed by atoms with Crippen molar-refractivity contribution in [2.45, 2.75) is 72.3 Å². The number of rotatable bonds is 15. The first kappa shape index (κ1) is 54.0. The van der Waals surface area contributed by atoms with E-state index in [9.17, 15) is 0 Å². The molecule has 2 atom stereocenters. The number of benzene rings is 8. The molecule has 0 N–H and O–H groups in total. The molecule has 0 aliphatic heterocycles. The third kappa shape index (κ3) is 9.20. The van der Waals surface area contributed by atoms with Gasteiger partial charge in [-0.1, -0.05) is 190 Å². The number of aromatic nitrogens is 3. The zero-order valence-corrected chi connectivity index (χ0v) is 48.9. The zero-order valence-electron chi connectivity index (χ0n) is 48.9. The molecular formula is C79H72N4. The van der Waals surface area contributed by atoms with Gasteiger partial charge in [-0.05, 0) is 170 Å². The second-order valence-electron chi connectivity index (χ2n) is 22.1. The molecule has 0 bridgehead atoms. The van der Waals surface area contributed by atoms with E-state index < -0.39 is 5.41 Å². The van der Waals surface area contributed by atoms with Gasteiger partial charge in [-0.3, -0.25) is 0 Å². The van der Waals surface area contributed by atoms with E-state index in [4.69, 9.17) is 0 Å². The summed E-state index contributed by atoms with van der Waals surface area (Å²) in [7, 11) is 0. The van der Waals surface area contributed by atoms with E-state index in [-0.39, 0.29) is 12.0 Å². The summed E-state index contributed by atoms with van der Waals surface area (Å²) in [5, 5.41) is 3.62. The zero-order chi connectivity index (χ0) is 57.4. The van der Waals surface area contributed by atoms with Gasteiger partial charge in [-0.25, -0.2) is 0 Å². The van der Waals surface area contributed by atoms with Crippen LogP contribution in [0.25, 0.3) is 73.1 Å². The minimum absolute atomic E-state index is 0.0341. The highest BCUT2D eigenvalue weighted by molar-refractivity contribution is 6.14. The Bertz CT molecular complexity index is 4370. The molecule has 8 aromatic carbocycles. The molecule has 408 valence electrons. The van der Waals surface area contributed by atoms with Gasteiger partial charge in [0.25, 0.3) is 0 Å². The lowest BCUT2D eigenvalue weighted by atomic mass is 9.67. The summed E-state index contributed by atoms with van der Waals surface area (Å²) < 4.78 is 7.39. The SMILES string of the molecule is C=CC(C)c1cc(-n2c(C)cc3c(ccc(/C=C\CC)c2C)-c2cc4c5ccccc5n(C(/C=C\C)=C/c5c(C)n(-c6ccccc6)c6ccccc56)c4cc2C3(c2ccccc2)c2ccccc2)ccc1N(c1ccccc1)C(C)C=C. The van der Waals surface area contributed by atoms with Gasteiger partial charge >= 0.3 is 0 Å². The highest BCUT2D eigenvalue weighted by atomic mass is 15.2. The van der Waals surface area contributed by atoms with Crippen LogP contribution in [-0.2, 0) is 5.41 Å². The van der Waals surface area contributed by atoms with Gasteiger partial charge in [0.05, 0.1) is 22.0 Å². The van der Waals surface area contributed by atoms with Crippen molar-refractivity contribution < 1.29 is 0 Å². The Labute approximate surface area is 490 Å². The monoisotopic (exact) mass is 1080 g/mol. The van der Waals surface area contributed by atoms with Crippen molar-refractivity contribution in [2.75, 3.05) is 4.90 Å². The Hall–Kier alpha value is -9.64. The summed E-state index contributed by atoms with van der Waals surface area (Å²) in [6, 6.07) is 81.0. The van der Waals surface area contributed by atoms with Gasteiger partial charge in [0.1, 0.15) is 0 Å². The van der Waals surface area contributed by atoms with Gasteiger partial charge in [0, 0.05) is 79.2 Å². The van der Waals surface area contributed by atoms with Crippen LogP contribution in [0, 0.1) is 20.8 Å². The molecule has 0 saturated carbocycles. The number of para-hydroxylation sites is 4. The van der Waals surface area contributed by atoms with Gasteiger partial charge in [-0.2, -0.15) is 0 Å². The van der Waals surface area contributed by atoms with Crippen molar-refractivity contribution in [3.63, 3.8) is 0 Å². The van der Waals surface area contributed by atoms with E-state index in [2.05, 4.69) is 335 Å². The normalized spacial score (nSPS) is 13.6. The number of hydrogen-bond donors (Lipinski definition) is 0. The lowest BCUT2D eigenvalue weighted by Crippen LogP contribution is -2.28. The smallest absolute Gasteiger partial charge is 0.0714 e. The maximum atomic E-state index is 4.36. The quantitative estimate of drug-likeness (QED) is 0.0739. The first-order valence-corrected chi connectivity index (χ1v) is 29.3. The minimum atomic E-state index is -0.745. The van der Waals surface area contributed by atoms with E-state index in [1.807, 2.05) is 6.08 Å². The number of fused-ring (bicyclic) bond motifs is 7. The Kier molecular flexibility index (Phi) is 14.8. The lowest BCUT2D eigenvalue weighted by molar-refractivity contribution is 0.766. The third-order valence-electron chi connectivity index (χ3n) is 17.3. The summed E-state index contributed by atoms with van der Waals surface area (Å²) in [6.45, 7) is 24.3. The van der Waals surface area contributed by atoms with Crippen LogP contribution in [0.1, 0.15) is 96.1 Å². The fourth-order valence-electron chi connectivity index (χ4n) is 13.3. The molecule has 0 amide bonds. The molecule has 0 saturated heterocycles. The van der Waals surface area contributed by atoms with E-state index >= 15 is 0 Å². The highest BCUT2D eigenvalue weighted by Gasteiger charge is 2.46. The van der Waals surface area contributed by atoms with Crippen molar-refractivity contribution in [2.24, 2.45) is 0 Å². The molecule has 83 heavy (non-hydrogen) atoms. The molecule has 0 radical (unpaired) electrons. The Morgan fingerprint density at radius 1 is 0.554 bits per heavy atom. The predicted octanol–water partition coefficient (Wildman–Crippen LogP) is 20.9. The predicted molar refractivity (Wildman–Crippen MR) is 356 cm³/mol. The lowest BCUT2D eigenvalue weighted by Gasteiger charge is -2.34. The average Bonchev–Trinajstić information content (AvgIpc) is 1.65. The standard InChI is InChI=1S/C79H72N4/c1-10-14-32-59-45-47-66-71-52-72-68-42-28-30-44-76(68)83(64(31-11-2)51-70-58(9)82(63-39-25-18-26-40-63)75-43-29-27-41-67(70)75)78(72)53-74(71)79(60-33-19-15-20-34-60,61-35-21-16-22-36-61)73(66)49-56(7)80(57(59)8)65-46-48-77(69(50-65)54(5)12-3)81(55(6)13-4)62-37-23-17-24-38-62/h11-55H,3-4,10H2,1-2,5-9H3/b31-11-,32-14-,47-45?,56-49?,59-57?,64-51+. The van der Waals surface area contributed by atoms with Gasteiger partial charge in [-0.15, -0.1) is 13.2 Å². The summed E-state index contributed by atoms with van der Waals surface area (Å²) in [5.74, 6) is 0.0506. The van der Waals surface area contributed by atoms with Crippen LogP contribution >= 0.6 is 0 Å². The van der Waals surface area contributed by atoms with Crippen molar-refractivity contribution >= 4 is 61.9 Å². The van der Waals surface area contributed by atoms with Crippen LogP contribution in [0.15, 0.2) is 262 Å². The molecule has 0 fully saturated rings. The van der Waals surface area contributed by atoms with Crippen molar-refractivity contribution in [3.8, 4) is 22.5 Å². The summed E-state index contributed by atoms with van der Waals surface area (Å²) >= 11 is 0. The molecule has 0 spiro atoms. The van der Waals surface area contributed by atoms with Crippen LogP contribution in [0.5, 0.6) is 0 Å². The molecule has 11 aromatic rings. The molecule has 4 nitrogen and oxygen atoms in total. The van der Waals surface area contributed by atoms with Crippen LogP contribution in [0.4, 0.5) is 11.4 Å². The average molecular weight is 1080 g/mol. The molecular weight excluding hydrogens is 1000 g/mol. The number of nitrogens with zero attached hydrogens (tertiary/aromatic N) is 4. The van der Waals surface area contributed by atoms with Gasteiger partial charge in [0.15, 0.2) is 0 Å².